The van der Waals surface area contributed by atoms with Gasteiger partial charge in [-0.15, -0.1) is 10.2 Å². The van der Waals surface area contributed by atoms with Crippen LogP contribution in [0.4, 0.5) is 5.13 Å². The summed E-state index contributed by atoms with van der Waals surface area (Å²) >= 11 is 1.23. The Balaban J connectivity index is 1.86. The topological polar surface area (TPSA) is 107 Å². The zero-order valence-corrected chi connectivity index (χ0v) is 15.4. The molecule has 0 aliphatic carbocycles. The largest absolute Gasteiger partial charge is 0.494 e. The van der Waals surface area contributed by atoms with Crippen LogP contribution in [0.15, 0.2) is 18.2 Å². The van der Waals surface area contributed by atoms with Gasteiger partial charge in [-0.2, -0.15) is 0 Å². The van der Waals surface area contributed by atoms with Crippen LogP contribution in [0.3, 0.4) is 0 Å². The Labute approximate surface area is 150 Å². The molecule has 1 amide bonds. The fourth-order valence-electron chi connectivity index (χ4n) is 2.31. The Morgan fingerprint density at radius 1 is 1.32 bits per heavy atom. The van der Waals surface area contributed by atoms with Crippen molar-refractivity contribution in [2.75, 3.05) is 12.3 Å². The Kier molecular flexibility index (Phi) is 6.46. The third-order valence-electron chi connectivity index (χ3n) is 3.58. The minimum absolute atomic E-state index is 0.0749. The number of hydrogen-bond donors (Lipinski definition) is 2. The average Bonchev–Trinajstić information content (AvgIpc) is 3.01. The van der Waals surface area contributed by atoms with Gasteiger partial charge in [0.2, 0.25) is 11.0 Å². The van der Waals surface area contributed by atoms with E-state index in [-0.39, 0.29) is 30.6 Å². The first-order valence-electron chi connectivity index (χ1n) is 8.05. The molecule has 2 rings (SSSR count). The third-order valence-corrected chi connectivity index (χ3v) is 4.52. The van der Waals surface area contributed by atoms with Gasteiger partial charge in [0.25, 0.3) is 0 Å². The number of benzene rings is 1. The lowest BCUT2D eigenvalue weighted by molar-refractivity contribution is -0.121. The third kappa shape index (κ3) is 5.25. The van der Waals surface area contributed by atoms with Gasteiger partial charge in [0.15, 0.2) is 5.78 Å². The van der Waals surface area contributed by atoms with E-state index in [1.807, 2.05) is 13.8 Å². The summed E-state index contributed by atoms with van der Waals surface area (Å²) in [5.74, 6) is 0.480. The van der Waals surface area contributed by atoms with Crippen LogP contribution in [0, 0.1) is 6.92 Å². The molecule has 0 aliphatic rings. The number of carbonyl (C=O) groups excluding carboxylic acids is 2. The molecular weight excluding hydrogens is 340 g/mol. The van der Waals surface area contributed by atoms with Crippen LogP contribution in [-0.4, -0.2) is 28.5 Å². The van der Waals surface area contributed by atoms with Gasteiger partial charge in [-0.1, -0.05) is 11.3 Å². The molecule has 1 aromatic carbocycles. The Morgan fingerprint density at radius 2 is 2.08 bits per heavy atom. The number of nitrogen functional groups attached to an aromatic ring is 1. The first kappa shape index (κ1) is 18.9. The van der Waals surface area contributed by atoms with Crippen LogP contribution >= 0.6 is 11.3 Å². The van der Waals surface area contributed by atoms with Gasteiger partial charge >= 0.3 is 0 Å². The lowest BCUT2D eigenvalue weighted by atomic mass is 10.0. The standard InChI is InChI=1S/C17H22N4O3S/c1-4-24-14-7-5-12(9-10(14)2)13(22)6-8-15(23)19-11(3)16-20-21-17(18)25-16/h5,7,9,11H,4,6,8H2,1-3H3,(H2,18,21)(H,19,23)/t11-/m0/s1. The molecule has 0 fully saturated rings. The number of carbonyl (C=O) groups is 2. The second-order valence-corrected chi connectivity index (χ2v) is 6.64. The fourth-order valence-corrected chi connectivity index (χ4v) is 2.92. The summed E-state index contributed by atoms with van der Waals surface area (Å²) in [6.07, 6.45) is 0.258. The van der Waals surface area contributed by atoms with E-state index in [0.29, 0.717) is 22.3 Å². The number of rotatable bonds is 8. The van der Waals surface area contributed by atoms with E-state index in [4.69, 9.17) is 10.5 Å². The van der Waals surface area contributed by atoms with Crippen molar-refractivity contribution in [3.63, 3.8) is 0 Å². The van der Waals surface area contributed by atoms with Gasteiger partial charge in [-0.3, -0.25) is 9.59 Å². The first-order valence-corrected chi connectivity index (χ1v) is 8.87. The molecule has 2 aromatic rings. The molecule has 0 spiro atoms. The first-order chi connectivity index (χ1) is 11.9. The maximum atomic E-state index is 12.3. The Hall–Kier alpha value is -2.48. The van der Waals surface area contributed by atoms with Crippen molar-refractivity contribution >= 4 is 28.2 Å². The van der Waals surface area contributed by atoms with Gasteiger partial charge in [0.05, 0.1) is 12.6 Å². The second-order valence-electron chi connectivity index (χ2n) is 5.60. The highest BCUT2D eigenvalue weighted by molar-refractivity contribution is 7.15. The fraction of sp³-hybridized carbons (Fsp3) is 0.412. The molecule has 0 radical (unpaired) electrons. The minimum atomic E-state index is -0.287. The predicted octanol–water partition coefficient (Wildman–Crippen LogP) is 2.67. The van der Waals surface area contributed by atoms with Crippen molar-refractivity contribution in [3.8, 4) is 5.75 Å². The van der Waals surface area contributed by atoms with Gasteiger partial charge in [0, 0.05) is 18.4 Å². The summed E-state index contributed by atoms with van der Waals surface area (Å²) in [6, 6.07) is 5.02. The van der Waals surface area contributed by atoms with Crippen molar-refractivity contribution < 1.29 is 14.3 Å². The molecule has 0 unspecified atom stereocenters. The summed E-state index contributed by atoms with van der Waals surface area (Å²) in [6.45, 7) is 6.18. The summed E-state index contributed by atoms with van der Waals surface area (Å²) in [4.78, 5) is 24.3. The zero-order chi connectivity index (χ0) is 18.4. The lowest BCUT2D eigenvalue weighted by Gasteiger charge is -2.11. The smallest absolute Gasteiger partial charge is 0.221 e. The number of ether oxygens (including phenoxy) is 1. The molecule has 7 nitrogen and oxygen atoms in total. The highest BCUT2D eigenvalue weighted by Gasteiger charge is 2.16. The molecule has 0 aliphatic heterocycles. The number of ketones is 1. The Bertz CT molecular complexity index is 760. The van der Waals surface area contributed by atoms with Crippen molar-refractivity contribution in [1.82, 2.24) is 15.5 Å². The van der Waals surface area contributed by atoms with E-state index in [2.05, 4.69) is 15.5 Å². The predicted molar refractivity (Wildman–Crippen MR) is 96.8 cm³/mol. The number of amides is 1. The number of hydrogen-bond acceptors (Lipinski definition) is 7. The van der Waals surface area contributed by atoms with Gasteiger partial charge in [-0.05, 0) is 44.5 Å². The number of aromatic nitrogens is 2. The van der Waals surface area contributed by atoms with E-state index >= 15 is 0 Å². The maximum Gasteiger partial charge on any atom is 0.221 e. The average molecular weight is 362 g/mol. The number of nitrogens with two attached hydrogens (primary N) is 1. The quantitative estimate of drug-likeness (QED) is 0.699. The van der Waals surface area contributed by atoms with Crippen molar-refractivity contribution in [2.45, 2.75) is 39.7 Å². The van der Waals surface area contributed by atoms with E-state index in [0.717, 1.165) is 11.3 Å². The van der Waals surface area contributed by atoms with Gasteiger partial charge in [-0.25, -0.2) is 0 Å². The number of nitrogens with one attached hydrogen (secondary N) is 1. The molecule has 0 saturated heterocycles. The number of nitrogens with zero attached hydrogens (tertiary/aromatic N) is 2. The highest BCUT2D eigenvalue weighted by Crippen LogP contribution is 2.21. The van der Waals surface area contributed by atoms with E-state index in [1.54, 1.807) is 25.1 Å². The van der Waals surface area contributed by atoms with Crippen LogP contribution < -0.4 is 15.8 Å². The van der Waals surface area contributed by atoms with E-state index in [1.165, 1.54) is 11.3 Å². The van der Waals surface area contributed by atoms with Crippen LogP contribution in [-0.2, 0) is 4.79 Å². The molecule has 134 valence electrons. The zero-order valence-electron chi connectivity index (χ0n) is 14.5. The van der Waals surface area contributed by atoms with Crippen molar-refractivity contribution in [1.29, 1.82) is 0 Å². The van der Waals surface area contributed by atoms with Crippen molar-refractivity contribution in [3.05, 3.63) is 34.3 Å². The van der Waals surface area contributed by atoms with Crippen LogP contribution in [0.1, 0.15) is 53.7 Å². The summed E-state index contributed by atoms with van der Waals surface area (Å²) in [5.41, 5.74) is 7.01. The van der Waals surface area contributed by atoms with Crippen LogP contribution in [0.25, 0.3) is 0 Å². The van der Waals surface area contributed by atoms with E-state index < -0.39 is 0 Å². The highest BCUT2D eigenvalue weighted by atomic mass is 32.1. The molecule has 8 heteroatoms. The molecule has 25 heavy (non-hydrogen) atoms. The number of anilines is 1. The molecule has 1 aromatic heterocycles. The van der Waals surface area contributed by atoms with Crippen LogP contribution in [0.2, 0.25) is 0 Å². The molecule has 0 saturated carbocycles. The lowest BCUT2D eigenvalue weighted by Crippen LogP contribution is -2.26. The monoisotopic (exact) mass is 362 g/mol. The van der Waals surface area contributed by atoms with E-state index in [9.17, 15) is 9.59 Å². The summed E-state index contributed by atoms with van der Waals surface area (Å²) in [7, 11) is 0. The molecule has 3 N–H and O–H groups in total. The second kappa shape index (κ2) is 8.57. The molecule has 1 atom stereocenters. The van der Waals surface area contributed by atoms with Gasteiger partial charge < -0.3 is 15.8 Å². The number of Topliss-reactive ketones (excluding diaryl/α,β-unsaturated/α-hetero) is 1. The normalized spacial score (nSPS) is 11.8. The molecular formula is C17H22N4O3S. The summed E-state index contributed by atoms with van der Waals surface area (Å²) < 4.78 is 5.46. The molecule has 1 heterocycles. The SMILES string of the molecule is CCOc1ccc(C(=O)CCC(=O)N[C@@H](C)c2nnc(N)s2)cc1C. The minimum Gasteiger partial charge on any atom is -0.494 e. The van der Waals surface area contributed by atoms with Crippen molar-refractivity contribution in [2.24, 2.45) is 0 Å². The Morgan fingerprint density at radius 3 is 2.68 bits per heavy atom. The van der Waals surface area contributed by atoms with Gasteiger partial charge in [0.1, 0.15) is 10.8 Å². The summed E-state index contributed by atoms with van der Waals surface area (Å²) in [5, 5.41) is 11.4. The maximum absolute atomic E-state index is 12.3. The number of aryl methyl sites for hydroxylation is 1. The van der Waals surface area contributed by atoms with Crippen LogP contribution in [0.5, 0.6) is 5.75 Å². The molecule has 0 bridgehead atoms.